The molecule has 18 heavy (non-hydrogen) atoms. The number of amides is 1. The Morgan fingerprint density at radius 3 is 2.61 bits per heavy atom. The molecule has 98 valence electrons. The van der Waals surface area contributed by atoms with Crippen LogP contribution >= 0.6 is 11.8 Å². The number of benzene rings is 1. The van der Waals surface area contributed by atoms with Crippen LogP contribution in [0.1, 0.15) is 17.5 Å². The van der Waals surface area contributed by atoms with E-state index >= 15 is 0 Å². The number of carbonyl (C=O) groups is 1. The van der Waals surface area contributed by atoms with Gasteiger partial charge >= 0.3 is 0 Å². The lowest BCUT2D eigenvalue weighted by atomic mass is 10.1. The van der Waals surface area contributed by atoms with Crippen LogP contribution in [0.4, 0.5) is 0 Å². The Hall–Kier alpha value is -1.00. The van der Waals surface area contributed by atoms with Crippen molar-refractivity contribution in [2.24, 2.45) is 0 Å². The van der Waals surface area contributed by atoms with Gasteiger partial charge in [-0.3, -0.25) is 4.79 Å². The summed E-state index contributed by atoms with van der Waals surface area (Å²) in [5.41, 5.74) is 2.61. The first-order chi connectivity index (χ1) is 8.70. The van der Waals surface area contributed by atoms with Crippen LogP contribution in [0.3, 0.4) is 0 Å². The SMILES string of the molecule is CSCCC(O)C(=O)NC1Cc2ccccc2C1. The molecule has 0 radical (unpaired) electrons. The molecular weight excluding hydrogens is 246 g/mol. The molecule has 0 bridgehead atoms. The molecule has 1 aliphatic carbocycles. The number of fused-ring (bicyclic) bond motifs is 1. The molecule has 0 fully saturated rings. The number of hydrogen-bond acceptors (Lipinski definition) is 3. The van der Waals surface area contributed by atoms with E-state index in [1.807, 2.05) is 18.4 Å². The Morgan fingerprint density at radius 2 is 2.06 bits per heavy atom. The average Bonchev–Trinajstić information content (AvgIpc) is 2.77. The summed E-state index contributed by atoms with van der Waals surface area (Å²) in [7, 11) is 0. The van der Waals surface area contributed by atoms with E-state index in [9.17, 15) is 9.90 Å². The second kappa shape index (κ2) is 6.25. The van der Waals surface area contributed by atoms with Crippen molar-refractivity contribution in [2.45, 2.75) is 31.4 Å². The van der Waals surface area contributed by atoms with Gasteiger partial charge in [0.05, 0.1) is 0 Å². The Balaban J connectivity index is 1.84. The predicted octanol–water partition coefficient (Wildman–Crippen LogP) is 1.38. The highest BCUT2D eigenvalue weighted by atomic mass is 32.2. The summed E-state index contributed by atoms with van der Waals surface area (Å²) in [6, 6.07) is 8.39. The van der Waals surface area contributed by atoms with Gasteiger partial charge in [0.25, 0.3) is 0 Å². The van der Waals surface area contributed by atoms with Crippen LogP contribution in [0.2, 0.25) is 0 Å². The van der Waals surface area contributed by atoms with E-state index in [1.165, 1.54) is 11.1 Å². The van der Waals surface area contributed by atoms with Crippen molar-refractivity contribution in [2.75, 3.05) is 12.0 Å². The minimum absolute atomic E-state index is 0.138. The van der Waals surface area contributed by atoms with Crippen LogP contribution in [0.5, 0.6) is 0 Å². The fraction of sp³-hybridized carbons (Fsp3) is 0.500. The quantitative estimate of drug-likeness (QED) is 0.846. The summed E-state index contributed by atoms with van der Waals surface area (Å²) in [5.74, 6) is 0.571. The Kier molecular flexibility index (Phi) is 4.66. The van der Waals surface area contributed by atoms with E-state index in [1.54, 1.807) is 11.8 Å². The molecule has 0 saturated carbocycles. The maximum atomic E-state index is 11.8. The first-order valence-corrected chi connectivity index (χ1v) is 7.64. The highest BCUT2D eigenvalue weighted by Gasteiger charge is 2.24. The van der Waals surface area contributed by atoms with Gasteiger partial charge in [-0.2, -0.15) is 11.8 Å². The van der Waals surface area contributed by atoms with Gasteiger partial charge < -0.3 is 10.4 Å². The van der Waals surface area contributed by atoms with Crippen LogP contribution in [-0.2, 0) is 17.6 Å². The van der Waals surface area contributed by atoms with Crippen LogP contribution in [0.25, 0.3) is 0 Å². The van der Waals surface area contributed by atoms with Gasteiger partial charge in [-0.25, -0.2) is 0 Å². The topological polar surface area (TPSA) is 49.3 Å². The van der Waals surface area contributed by atoms with Crippen molar-refractivity contribution in [1.82, 2.24) is 5.32 Å². The maximum absolute atomic E-state index is 11.8. The van der Waals surface area contributed by atoms with Crippen LogP contribution < -0.4 is 5.32 Å². The third-order valence-electron chi connectivity index (χ3n) is 3.30. The molecule has 1 amide bonds. The largest absolute Gasteiger partial charge is 0.383 e. The molecule has 1 aliphatic rings. The second-order valence-electron chi connectivity index (χ2n) is 4.68. The van der Waals surface area contributed by atoms with Gasteiger partial charge in [0, 0.05) is 6.04 Å². The molecule has 0 spiro atoms. The fourth-order valence-electron chi connectivity index (χ4n) is 2.32. The molecule has 1 unspecified atom stereocenters. The molecule has 0 aliphatic heterocycles. The van der Waals surface area contributed by atoms with Gasteiger partial charge in [0.15, 0.2) is 0 Å². The number of aliphatic hydroxyl groups excluding tert-OH is 1. The highest BCUT2D eigenvalue weighted by Crippen LogP contribution is 2.21. The molecule has 4 heteroatoms. The lowest BCUT2D eigenvalue weighted by Gasteiger charge is -2.15. The number of thioether (sulfide) groups is 1. The summed E-state index contributed by atoms with van der Waals surface area (Å²) < 4.78 is 0. The zero-order chi connectivity index (χ0) is 13.0. The van der Waals surface area contributed by atoms with E-state index in [0.29, 0.717) is 6.42 Å². The second-order valence-corrected chi connectivity index (χ2v) is 5.67. The molecule has 1 aromatic rings. The third kappa shape index (κ3) is 3.27. The molecule has 3 nitrogen and oxygen atoms in total. The molecule has 2 N–H and O–H groups in total. The van der Waals surface area contributed by atoms with Crippen LogP contribution in [-0.4, -0.2) is 35.2 Å². The zero-order valence-electron chi connectivity index (χ0n) is 10.6. The molecule has 1 atom stereocenters. The maximum Gasteiger partial charge on any atom is 0.249 e. The van der Waals surface area contributed by atoms with Crippen molar-refractivity contribution in [3.8, 4) is 0 Å². The lowest BCUT2D eigenvalue weighted by Crippen LogP contribution is -2.42. The van der Waals surface area contributed by atoms with E-state index in [0.717, 1.165) is 18.6 Å². The Morgan fingerprint density at radius 1 is 1.44 bits per heavy atom. The van der Waals surface area contributed by atoms with Crippen molar-refractivity contribution in [3.63, 3.8) is 0 Å². The summed E-state index contributed by atoms with van der Waals surface area (Å²) in [5, 5.41) is 12.6. The summed E-state index contributed by atoms with van der Waals surface area (Å²) in [4.78, 5) is 11.8. The van der Waals surface area contributed by atoms with Crippen molar-refractivity contribution >= 4 is 17.7 Å². The average molecular weight is 265 g/mol. The summed E-state index contributed by atoms with van der Waals surface area (Å²) in [6.45, 7) is 0. The summed E-state index contributed by atoms with van der Waals surface area (Å²) >= 11 is 1.64. The number of aliphatic hydroxyl groups is 1. The smallest absolute Gasteiger partial charge is 0.249 e. The van der Waals surface area contributed by atoms with Crippen molar-refractivity contribution in [3.05, 3.63) is 35.4 Å². The molecule has 2 rings (SSSR count). The van der Waals surface area contributed by atoms with Crippen LogP contribution in [0, 0.1) is 0 Å². The number of carbonyl (C=O) groups excluding carboxylic acids is 1. The molecular formula is C14H19NO2S. The van der Waals surface area contributed by atoms with Crippen LogP contribution in [0.15, 0.2) is 24.3 Å². The van der Waals surface area contributed by atoms with E-state index in [-0.39, 0.29) is 11.9 Å². The van der Waals surface area contributed by atoms with Gasteiger partial charge in [-0.15, -0.1) is 0 Å². The van der Waals surface area contributed by atoms with Crippen molar-refractivity contribution < 1.29 is 9.90 Å². The monoisotopic (exact) mass is 265 g/mol. The van der Waals surface area contributed by atoms with Gasteiger partial charge in [-0.05, 0) is 42.4 Å². The number of hydrogen-bond donors (Lipinski definition) is 2. The lowest BCUT2D eigenvalue weighted by molar-refractivity contribution is -0.130. The van der Waals surface area contributed by atoms with Gasteiger partial charge in [-0.1, -0.05) is 24.3 Å². The summed E-state index contributed by atoms with van der Waals surface area (Å²) in [6.07, 6.45) is 3.36. The first kappa shape index (κ1) is 13.4. The van der Waals surface area contributed by atoms with Gasteiger partial charge in [0.2, 0.25) is 5.91 Å². The predicted molar refractivity (Wildman–Crippen MR) is 74.8 cm³/mol. The molecule has 0 saturated heterocycles. The van der Waals surface area contributed by atoms with Crippen molar-refractivity contribution in [1.29, 1.82) is 0 Å². The number of rotatable bonds is 5. The first-order valence-electron chi connectivity index (χ1n) is 6.25. The number of nitrogens with one attached hydrogen (secondary N) is 1. The minimum Gasteiger partial charge on any atom is -0.383 e. The normalized spacial score (nSPS) is 16.3. The minimum atomic E-state index is -0.874. The standard InChI is InChI=1S/C14H19NO2S/c1-18-7-6-13(16)14(17)15-12-8-10-4-2-3-5-11(10)9-12/h2-5,12-13,16H,6-9H2,1H3,(H,15,17). The van der Waals surface area contributed by atoms with E-state index < -0.39 is 6.10 Å². The Labute approximate surface area is 112 Å². The van der Waals surface area contributed by atoms with Gasteiger partial charge in [0.1, 0.15) is 6.10 Å². The molecule has 1 aromatic carbocycles. The zero-order valence-corrected chi connectivity index (χ0v) is 11.4. The third-order valence-corrected chi connectivity index (χ3v) is 3.94. The fourth-order valence-corrected chi connectivity index (χ4v) is 2.78. The molecule has 0 aromatic heterocycles. The van der Waals surface area contributed by atoms with E-state index in [4.69, 9.17) is 0 Å². The highest BCUT2D eigenvalue weighted by molar-refractivity contribution is 7.98. The Bertz CT molecular complexity index is 397. The van der Waals surface area contributed by atoms with E-state index in [2.05, 4.69) is 17.4 Å². The molecule has 0 heterocycles.